The van der Waals surface area contributed by atoms with Crippen molar-refractivity contribution in [3.05, 3.63) is 39.9 Å². The number of hydrogen-bond acceptors (Lipinski definition) is 8. The van der Waals surface area contributed by atoms with Gasteiger partial charge in [0.1, 0.15) is 18.6 Å². The van der Waals surface area contributed by atoms with Crippen molar-refractivity contribution in [3.63, 3.8) is 0 Å². The number of esters is 1. The summed E-state index contributed by atoms with van der Waals surface area (Å²) in [5.74, 6) is -1.78. The van der Waals surface area contributed by atoms with Gasteiger partial charge in [-0.3, -0.25) is 19.7 Å². The van der Waals surface area contributed by atoms with Crippen LogP contribution in [0.3, 0.4) is 0 Å². The molecule has 1 N–H and O–H groups in total. The van der Waals surface area contributed by atoms with E-state index in [-0.39, 0.29) is 12.3 Å². The molecular weight excluding hydrogens is 336 g/mol. The summed E-state index contributed by atoms with van der Waals surface area (Å²) in [4.78, 5) is 44.1. The normalized spacial score (nSPS) is 19.8. The van der Waals surface area contributed by atoms with Crippen LogP contribution in [-0.4, -0.2) is 35.3 Å². The zero-order chi connectivity index (χ0) is 18.6. The number of nitrogens with one attached hydrogen (secondary N) is 1. The fourth-order valence-electron chi connectivity index (χ4n) is 2.22. The number of carbonyl (C=O) groups excluding carboxylic acids is 3. The number of β-lactam (4-membered cyclic amide) rings is 1. The molecule has 0 aliphatic carbocycles. The second kappa shape index (κ2) is 7.60. The summed E-state index contributed by atoms with van der Waals surface area (Å²) in [6, 6.07) is 5.47. The molecule has 0 unspecified atom stereocenters. The predicted molar refractivity (Wildman–Crippen MR) is 81.0 cm³/mol. The van der Waals surface area contributed by atoms with Crippen LogP contribution in [-0.2, 0) is 30.4 Å². The number of rotatable bonds is 6. The Bertz CT molecular complexity index is 687. The number of carbonyl (C=O) groups is 3. The van der Waals surface area contributed by atoms with Crippen molar-refractivity contribution in [2.45, 2.75) is 32.8 Å². The van der Waals surface area contributed by atoms with E-state index in [1.165, 1.54) is 38.1 Å². The molecule has 1 amide bonds. The molecule has 0 bridgehead atoms. The maximum Gasteiger partial charge on any atom is 0.508 e. The zero-order valence-corrected chi connectivity index (χ0v) is 13.5. The SMILES string of the molecule is CC(=O)O[C@H]1NC(=O)[C@@H]1[C@@H](C)OC(=O)OCc1ccc([N+](=O)[O-])cc1. The molecular formula is C15H16N2O8. The zero-order valence-electron chi connectivity index (χ0n) is 13.5. The molecule has 3 atom stereocenters. The van der Waals surface area contributed by atoms with Crippen molar-refractivity contribution in [3.8, 4) is 0 Å². The summed E-state index contributed by atoms with van der Waals surface area (Å²) in [6.45, 7) is 2.53. The van der Waals surface area contributed by atoms with Gasteiger partial charge in [0.15, 0.2) is 6.23 Å². The van der Waals surface area contributed by atoms with Gasteiger partial charge in [0.2, 0.25) is 5.91 Å². The minimum absolute atomic E-state index is 0.0764. The van der Waals surface area contributed by atoms with E-state index in [0.29, 0.717) is 5.56 Å². The summed E-state index contributed by atoms with van der Waals surface area (Å²) in [5.41, 5.74) is 0.460. The number of non-ortho nitro benzene ring substituents is 1. The van der Waals surface area contributed by atoms with Crippen LogP contribution >= 0.6 is 0 Å². The van der Waals surface area contributed by atoms with Gasteiger partial charge in [0.05, 0.1) is 4.92 Å². The molecule has 0 aromatic heterocycles. The quantitative estimate of drug-likeness (QED) is 0.350. The van der Waals surface area contributed by atoms with E-state index in [1.54, 1.807) is 0 Å². The first-order chi connectivity index (χ1) is 11.8. The van der Waals surface area contributed by atoms with E-state index in [9.17, 15) is 24.5 Å². The van der Waals surface area contributed by atoms with E-state index >= 15 is 0 Å². The van der Waals surface area contributed by atoms with Gasteiger partial charge in [0, 0.05) is 19.1 Å². The van der Waals surface area contributed by atoms with Crippen LogP contribution in [0.5, 0.6) is 0 Å². The Morgan fingerprint density at radius 1 is 1.32 bits per heavy atom. The maximum atomic E-state index is 11.7. The molecule has 25 heavy (non-hydrogen) atoms. The van der Waals surface area contributed by atoms with Gasteiger partial charge in [-0.25, -0.2) is 4.79 Å². The van der Waals surface area contributed by atoms with E-state index in [2.05, 4.69) is 5.32 Å². The van der Waals surface area contributed by atoms with Crippen LogP contribution in [0.2, 0.25) is 0 Å². The molecule has 2 rings (SSSR count). The largest absolute Gasteiger partial charge is 0.508 e. The van der Waals surface area contributed by atoms with E-state index in [0.717, 1.165) is 0 Å². The lowest BCUT2D eigenvalue weighted by molar-refractivity contribution is -0.384. The maximum absolute atomic E-state index is 11.7. The van der Waals surface area contributed by atoms with Crippen LogP contribution in [0.25, 0.3) is 0 Å². The molecule has 134 valence electrons. The van der Waals surface area contributed by atoms with Crippen molar-refractivity contribution in [1.82, 2.24) is 5.32 Å². The highest BCUT2D eigenvalue weighted by atomic mass is 16.7. The van der Waals surface area contributed by atoms with E-state index in [4.69, 9.17) is 14.2 Å². The molecule has 0 saturated carbocycles. The molecule has 1 fully saturated rings. The first-order valence-corrected chi connectivity index (χ1v) is 7.32. The van der Waals surface area contributed by atoms with Crippen molar-refractivity contribution < 1.29 is 33.5 Å². The number of nitro groups is 1. The number of nitrogens with zero attached hydrogens (tertiary/aromatic N) is 1. The van der Waals surface area contributed by atoms with Gasteiger partial charge in [0.25, 0.3) is 5.69 Å². The van der Waals surface area contributed by atoms with Gasteiger partial charge < -0.3 is 19.5 Å². The van der Waals surface area contributed by atoms with Crippen LogP contribution < -0.4 is 5.32 Å². The molecule has 10 nitrogen and oxygen atoms in total. The Morgan fingerprint density at radius 2 is 1.96 bits per heavy atom. The molecule has 1 saturated heterocycles. The lowest BCUT2D eigenvalue weighted by atomic mass is 9.93. The van der Waals surface area contributed by atoms with Crippen molar-refractivity contribution in [1.29, 1.82) is 0 Å². The Morgan fingerprint density at radius 3 is 2.48 bits per heavy atom. The summed E-state index contributed by atoms with van der Waals surface area (Å²) < 4.78 is 14.8. The van der Waals surface area contributed by atoms with Crippen molar-refractivity contribution in [2.24, 2.45) is 5.92 Å². The Hall–Kier alpha value is -3.17. The summed E-state index contributed by atoms with van der Waals surface area (Å²) in [6.07, 6.45) is -2.71. The number of ether oxygens (including phenoxy) is 3. The lowest BCUT2D eigenvalue weighted by Gasteiger charge is -2.38. The summed E-state index contributed by atoms with van der Waals surface area (Å²) in [5, 5.41) is 12.9. The highest BCUT2D eigenvalue weighted by Gasteiger charge is 2.47. The molecule has 1 heterocycles. The average Bonchev–Trinajstić information content (AvgIpc) is 2.52. The summed E-state index contributed by atoms with van der Waals surface area (Å²) >= 11 is 0. The lowest BCUT2D eigenvalue weighted by Crippen LogP contribution is -2.63. The highest BCUT2D eigenvalue weighted by Crippen LogP contribution is 2.23. The third-order valence-electron chi connectivity index (χ3n) is 3.50. The minimum atomic E-state index is -1.01. The fraction of sp³-hybridized carbons (Fsp3) is 0.400. The number of benzene rings is 1. The highest BCUT2D eigenvalue weighted by molar-refractivity contribution is 5.87. The van der Waals surface area contributed by atoms with Gasteiger partial charge in [-0.15, -0.1) is 0 Å². The Balaban J connectivity index is 1.82. The molecule has 1 aliphatic heterocycles. The van der Waals surface area contributed by atoms with Crippen molar-refractivity contribution in [2.75, 3.05) is 0 Å². The summed E-state index contributed by atoms with van der Waals surface area (Å²) in [7, 11) is 0. The van der Waals surface area contributed by atoms with Crippen LogP contribution in [0, 0.1) is 16.0 Å². The Kier molecular flexibility index (Phi) is 5.52. The average molecular weight is 352 g/mol. The first kappa shape index (κ1) is 18.2. The second-order valence-electron chi connectivity index (χ2n) is 5.35. The molecule has 0 radical (unpaired) electrons. The van der Waals surface area contributed by atoms with Crippen LogP contribution in [0.1, 0.15) is 19.4 Å². The number of hydrogen-bond donors (Lipinski definition) is 1. The monoisotopic (exact) mass is 352 g/mol. The third kappa shape index (κ3) is 4.66. The van der Waals surface area contributed by atoms with Crippen LogP contribution in [0.4, 0.5) is 10.5 Å². The molecule has 1 aromatic rings. The number of amides is 1. The van der Waals surface area contributed by atoms with Gasteiger partial charge in [-0.2, -0.15) is 0 Å². The minimum Gasteiger partial charge on any atom is -0.441 e. The molecule has 1 aliphatic rings. The standard InChI is InChI=1S/C15H16N2O8/c1-8(12-13(19)16-14(12)25-9(2)18)24-15(20)23-7-10-3-5-11(6-4-10)17(21)22/h3-6,8,12,14H,7H2,1-2H3,(H,16,19)/t8-,12+,14-/m1/s1. The molecule has 1 aromatic carbocycles. The Labute approximate surface area is 142 Å². The smallest absolute Gasteiger partial charge is 0.441 e. The van der Waals surface area contributed by atoms with Gasteiger partial charge in [-0.1, -0.05) is 0 Å². The second-order valence-corrected chi connectivity index (χ2v) is 5.35. The van der Waals surface area contributed by atoms with Gasteiger partial charge >= 0.3 is 12.1 Å². The first-order valence-electron chi connectivity index (χ1n) is 7.32. The fourth-order valence-corrected chi connectivity index (χ4v) is 2.22. The number of nitro benzene ring substituents is 1. The van der Waals surface area contributed by atoms with E-state index in [1.807, 2.05) is 0 Å². The topological polar surface area (TPSA) is 134 Å². The van der Waals surface area contributed by atoms with E-state index < -0.39 is 41.2 Å². The predicted octanol–water partition coefficient (Wildman–Crippen LogP) is 1.27. The molecule has 10 heteroatoms. The van der Waals surface area contributed by atoms with Crippen LogP contribution in [0.15, 0.2) is 24.3 Å². The van der Waals surface area contributed by atoms with Crippen molar-refractivity contribution >= 4 is 23.7 Å². The molecule has 0 spiro atoms. The van der Waals surface area contributed by atoms with Gasteiger partial charge in [-0.05, 0) is 24.6 Å². The third-order valence-corrected chi connectivity index (χ3v) is 3.50.